The first-order chi connectivity index (χ1) is 7.54. The molecule has 0 atom stereocenters. The summed E-state index contributed by atoms with van der Waals surface area (Å²) in [6.07, 6.45) is 3.88. The van der Waals surface area contributed by atoms with E-state index in [1.807, 2.05) is 0 Å². The molecule has 2 aliphatic carbocycles. The van der Waals surface area contributed by atoms with Gasteiger partial charge in [0.25, 0.3) is 0 Å². The van der Waals surface area contributed by atoms with Crippen LogP contribution in [0.25, 0.3) is 0 Å². The molecular weight excluding hydrogens is 214 g/mol. The number of nitrogens with one attached hydrogen (secondary N) is 1. The number of nitroso groups, excluding NO2 is 1. The van der Waals surface area contributed by atoms with Crippen LogP contribution in [0, 0.1) is 4.91 Å². The Labute approximate surface area is 92.3 Å². The maximum absolute atomic E-state index is 10.3. The van der Waals surface area contributed by atoms with Crippen molar-refractivity contribution >= 4 is 12.1 Å². The second-order valence-electron chi connectivity index (χ2n) is 3.78. The lowest BCUT2D eigenvalue weighted by Gasteiger charge is -2.05. The molecule has 0 aromatic heterocycles. The van der Waals surface area contributed by atoms with Crippen LogP contribution in [0.5, 0.6) is 0 Å². The van der Waals surface area contributed by atoms with Crippen molar-refractivity contribution < 1.29 is 9.59 Å². The number of carbonyl (C=O) groups excluding carboxylic acids is 2. The van der Waals surface area contributed by atoms with E-state index in [1.165, 1.54) is 0 Å². The average molecular weight is 229 g/mol. The molecule has 90 valence electrons. The fourth-order valence-corrected chi connectivity index (χ4v) is 1.03. The van der Waals surface area contributed by atoms with E-state index >= 15 is 0 Å². The van der Waals surface area contributed by atoms with Gasteiger partial charge in [-0.15, -0.1) is 4.91 Å². The molecule has 8 heteroatoms. The largest absolute Gasteiger partial charge is 0.352 e. The van der Waals surface area contributed by atoms with Crippen LogP contribution < -0.4 is 16.8 Å². The van der Waals surface area contributed by atoms with E-state index in [9.17, 15) is 14.5 Å². The molecule has 2 rings (SSSR count). The Bertz CT molecular complexity index is 287. The lowest BCUT2D eigenvalue weighted by Crippen LogP contribution is -2.32. The summed E-state index contributed by atoms with van der Waals surface area (Å²) >= 11 is 0. The van der Waals surface area contributed by atoms with Gasteiger partial charge in [0, 0.05) is 6.04 Å². The van der Waals surface area contributed by atoms with E-state index in [0.717, 1.165) is 30.7 Å². The van der Waals surface area contributed by atoms with Crippen molar-refractivity contribution in [1.82, 2.24) is 10.3 Å². The van der Waals surface area contributed by atoms with Crippen LogP contribution in [0.3, 0.4) is 0 Å². The maximum Gasteiger partial charge on any atom is 0.338 e. The van der Waals surface area contributed by atoms with Crippen LogP contribution in [-0.4, -0.2) is 29.2 Å². The highest BCUT2D eigenvalue weighted by atomic mass is 16.3. The van der Waals surface area contributed by atoms with Crippen molar-refractivity contribution in [1.29, 1.82) is 0 Å². The number of urea groups is 2. The smallest absolute Gasteiger partial charge is 0.338 e. The first kappa shape index (κ1) is 12.2. The van der Waals surface area contributed by atoms with Gasteiger partial charge >= 0.3 is 12.1 Å². The Kier molecular flexibility index (Phi) is 4.03. The van der Waals surface area contributed by atoms with Crippen LogP contribution in [0.2, 0.25) is 0 Å². The summed E-state index contributed by atoms with van der Waals surface area (Å²) in [4.78, 5) is 30.0. The minimum Gasteiger partial charge on any atom is -0.352 e. The molecule has 0 saturated heterocycles. The van der Waals surface area contributed by atoms with Gasteiger partial charge in [-0.25, -0.2) is 9.59 Å². The van der Waals surface area contributed by atoms with Crippen molar-refractivity contribution in [3.63, 3.8) is 0 Å². The molecule has 2 aliphatic rings. The van der Waals surface area contributed by atoms with Crippen LogP contribution in [0.1, 0.15) is 25.7 Å². The summed E-state index contributed by atoms with van der Waals surface area (Å²) in [6.45, 7) is 0. The Morgan fingerprint density at radius 1 is 1.19 bits per heavy atom. The van der Waals surface area contributed by atoms with Gasteiger partial charge in [0.05, 0.1) is 11.3 Å². The van der Waals surface area contributed by atoms with Gasteiger partial charge in [0.15, 0.2) is 0 Å². The molecule has 0 unspecified atom stereocenters. The second-order valence-corrected chi connectivity index (χ2v) is 3.78. The zero-order valence-electron chi connectivity index (χ0n) is 8.76. The Hall–Kier alpha value is -1.86. The third-order valence-corrected chi connectivity index (χ3v) is 2.13. The quantitative estimate of drug-likeness (QED) is 0.465. The summed E-state index contributed by atoms with van der Waals surface area (Å²) in [5.41, 5.74) is 9.56. The molecular formula is C8H15N5O3. The number of nitrogens with zero attached hydrogens (tertiary/aromatic N) is 2. The zero-order chi connectivity index (χ0) is 12.1. The van der Waals surface area contributed by atoms with Crippen LogP contribution in [0.4, 0.5) is 9.59 Å². The lowest BCUT2D eigenvalue weighted by molar-refractivity contribution is 0.206. The van der Waals surface area contributed by atoms with Crippen LogP contribution in [-0.2, 0) is 0 Å². The summed E-state index contributed by atoms with van der Waals surface area (Å²) in [7, 11) is 0. The molecule has 2 fully saturated rings. The molecule has 0 bridgehead atoms. The van der Waals surface area contributed by atoms with Crippen LogP contribution >= 0.6 is 0 Å². The summed E-state index contributed by atoms with van der Waals surface area (Å²) in [5, 5.41) is 5.79. The molecule has 0 aromatic carbocycles. The van der Waals surface area contributed by atoms with Gasteiger partial charge in [-0.05, 0) is 25.7 Å². The Morgan fingerprint density at radius 2 is 1.75 bits per heavy atom. The number of nitrogens with two attached hydrogens (primary N) is 2. The van der Waals surface area contributed by atoms with Crippen molar-refractivity contribution in [3.8, 4) is 0 Å². The molecule has 2 saturated carbocycles. The monoisotopic (exact) mass is 229 g/mol. The standard InChI is InChI=1S/C4H7N3O2.C4H8N2O/c5-4(8)7(6-9)3-1-2-3;5-4(7)6-3-1-2-3/h3H,1-2H2,(H2,5,8);3H,1-2H2,(H3,5,6,7). The molecule has 0 aliphatic heterocycles. The van der Waals surface area contributed by atoms with Crippen molar-refractivity contribution in [3.05, 3.63) is 4.91 Å². The fourth-order valence-electron chi connectivity index (χ4n) is 1.03. The first-order valence-electron chi connectivity index (χ1n) is 5.02. The number of rotatable bonds is 3. The molecule has 0 spiro atoms. The Morgan fingerprint density at radius 3 is 1.88 bits per heavy atom. The Balaban J connectivity index is 0.000000165. The molecule has 8 nitrogen and oxygen atoms in total. The zero-order valence-corrected chi connectivity index (χ0v) is 8.76. The first-order valence-corrected chi connectivity index (χ1v) is 5.02. The number of amides is 4. The third-order valence-electron chi connectivity index (χ3n) is 2.13. The normalized spacial score (nSPS) is 17.8. The van der Waals surface area contributed by atoms with E-state index in [4.69, 9.17) is 11.5 Å². The minimum absolute atomic E-state index is 0.0139. The number of hydrogen-bond acceptors (Lipinski definition) is 4. The highest BCUT2D eigenvalue weighted by molar-refractivity contribution is 5.72. The van der Waals surface area contributed by atoms with E-state index in [2.05, 4.69) is 10.6 Å². The van der Waals surface area contributed by atoms with Crippen molar-refractivity contribution in [2.45, 2.75) is 37.8 Å². The van der Waals surface area contributed by atoms with Gasteiger partial charge in [-0.1, -0.05) is 0 Å². The van der Waals surface area contributed by atoms with Gasteiger partial charge in [-0.3, -0.25) is 0 Å². The van der Waals surface area contributed by atoms with Gasteiger partial charge in [0.2, 0.25) is 0 Å². The summed E-state index contributed by atoms with van der Waals surface area (Å²) in [5.74, 6) is 0. The summed E-state index contributed by atoms with van der Waals surface area (Å²) in [6, 6.07) is -0.771. The van der Waals surface area contributed by atoms with E-state index in [1.54, 1.807) is 0 Å². The van der Waals surface area contributed by atoms with Crippen LogP contribution in [0.15, 0.2) is 5.29 Å². The molecule has 0 aromatic rings. The predicted molar refractivity (Wildman–Crippen MR) is 56.0 cm³/mol. The third kappa shape index (κ3) is 4.58. The van der Waals surface area contributed by atoms with E-state index < -0.39 is 12.1 Å². The number of primary amides is 2. The minimum atomic E-state index is -0.757. The van der Waals surface area contributed by atoms with Crippen molar-refractivity contribution in [2.24, 2.45) is 16.8 Å². The molecule has 4 amide bonds. The number of hydrogen-bond donors (Lipinski definition) is 3. The van der Waals surface area contributed by atoms with E-state index in [-0.39, 0.29) is 6.04 Å². The second kappa shape index (κ2) is 5.29. The predicted octanol–water partition coefficient (Wildman–Crippen LogP) is 0.0280. The van der Waals surface area contributed by atoms with Gasteiger partial charge in [0.1, 0.15) is 0 Å². The number of carbonyl (C=O) groups is 2. The highest BCUT2D eigenvalue weighted by Crippen LogP contribution is 2.26. The van der Waals surface area contributed by atoms with Gasteiger partial charge in [-0.2, -0.15) is 5.01 Å². The SMILES string of the molecule is NC(=O)N(N=O)C1CC1.NC(=O)NC1CC1. The maximum atomic E-state index is 10.3. The van der Waals surface area contributed by atoms with E-state index in [0.29, 0.717) is 6.04 Å². The topological polar surface area (TPSA) is 131 Å². The molecule has 16 heavy (non-hydrogen) atoms. The lowest BCUT2D eigenvalue weighted by atomic mass is 10.7. The summed E-state index contributed by atoms with van der Waals surface area (Å²) < 4.78 is 0. The van der Waals surface area contributed by atoms with Crippen molar-refractivity contribution in [2.75, 3.05) is 0 Å². The molecule has 0 radical (unpaired) electrons. The van der Waals surface area contributed by atoms with Gasteiger partial charge < -0.3 is 16.8 Å². The molecule has 5 N–H and O–H groups in total. The highest BCUT2D eigenvalue weighted by Gasteiger charge is 2.32. The average Bonchev–Trinajstić information content (AvgIpc) is 2.97. The fraction of sp³-hybridized carbons (Fsp3) is 0.750. The molecule has 0 heterocycles.